The van der Waals surface area contributed by atoms with E-state index in [9.17, 15) is 0 Å². The lowest BCUT2D eigenvalue weighted by Crippen LogP contribution is -1.97. The molecule has 1 aromatic heterocycles. The first kappa shape index (κ1) is 7.08. The summed E-state index contributed by atoms with van der Waals surface area (Å²) >= 11 is 0. The zero-order valence-corrected chi connectivity index (χ0v) is 5.96. The summed E-state index contributed by atoms with van der Waals surface area (Å²) in [5.74, 6) is 0.707. The zero-order chi connectivity index (χ0) is 7.56. The molecule has 2 N–H and O–H groups in total. The largest absolute Gasteiger partial charge is 0.493 e. The zero-order valence-electron chi connectivity index (χ0n) is 5.96. The highest BCUT2D eigenvalue weighted by atomic mass is 16.5. The summed E-state index contributed by atoms with van der Waals surface area (Å²) in [5.41, 5.74) is 0. The Kier molecular flexibility index (Phi) is 1.91. The monoisotopic (exact) mass is 142 g/mol. The maximum absolute atomic E-state index is 8.82. The van der Waals surface area contributed by atoms with Crippen LogP contribution in [0.25, 0.3) is 0 Å². The number of aromatic amines is 1. The molecule has 0 aliphatic heterocycles. The number of methoxy groups -OCH3 is 1. The van der Waals surface area contributed by atoms with Gasteiger partial charge in [-0.3, -0.25) is 0 Å². The number of ether oxygens (including phenoxy) is 1. The van der Waals surface area contributed by atoms with Crippen molar-refractivity contribution in [3.63, 3.8) is 0 Å². The molecule has 0 aliphatic rings. The first-order valence-electron chi connectivity index (χ1n) is 3.00. The van der Waals surface area contributed by atoms with Gasteiger partial charge in [0, 0.05) is 7.11 Å². The van der Waals surface area contributed by atoms with Crippen LogP contribution in [0.5, 0.6) is 5.88 Å². The minimum Gasteiger partial charge on any atom is -0.493 e. The molecule has 1 unspecified atom stereocenters. The third kappa shape index (κ3) is 1.27. The summed E-state index contributed by atoms with van der Waals surface area (Å²) < 4.78 is 4.94. The third-order valence-corrected chi connectivity index (χ3v) is 1.32. The first-order chi connectivity index (χ1) is 4.74. The number of hydrogen-bond donors (Lipinski definition) is 2. The molecule has 0 radical (unpaired) electrons. The van der Waals surface area contributed by atoms with E-state index < -0.39 is 0 Å². The molecule has 10 heavy (non-hydrogen) atoms. The SMILES string of the molecule is COC(C)c1ncc(O)[nH]1. The van der Waals surface area contributed by atoms with Crippen molar-refractivity contribution >= 4 is 0 Å². The predicted molar refractivity (Wildman–Crippen MR) is 35.7 cm³/mol. The minimum absolute atomic E-state index is 0.0684. The lowest BCUT2D eigenvalue weighted by atomic mass is 10.4. The number of nitrogens with one attached hydrogen (secondary N) is 1. The van der Waals surface area contributed by atoms with Gasteiger partial charge < -0.3 is 14.8 Å². The topological polar surface area (TPSA) is 58.1 Å². The standard InChI is InChI=1S/C6H10N2O2/c1-4(10-2)6-7-3-5(9)8-6/h3-4,9H,1-2H3,(H,7,8). The number of imidazole rings is 1. The van der Waals surface area contributed by atoms with E-state index >= 15 is 0 Å². The van der Waals surface area contributed by atoms with Crippen molar-refractivity contribution in [1.82, 2.24) is 9.97 Å². The number of hydrogen-bond acceptors (Lipinski definition) is 3. The van der Waals surface area contributed by atoms with E-state index in [2.05, 4.69) is 9.97 Å². The second-order valence-electron chi connectivity index (χ2n) is 2.03. The van der Waals surface area contributed by atoms with Gasteiger partial charge in [-0.15, -0.1) is 0 Å². The van der Waals surface area contributed by atoms with E-state index in [1.54, 1.807) is 7.11 Å². The third-order valence-electron chi connectivity index (χ3n) is 1.32. The van der Waals surface area contributed by atoms with Gasteiger partial charge in [0.15, 0.2) is 0 Å². The van der Waals surface area contributed by atoms with E-state index in [1.165, 1.54) is 6.20 Å². The first-order valence-corrected chi connectivity index (χ1v) is 3.00. The molecule has 4 heteroatoms. The van der Waals surface area contributed by atoms with Gasteiger partial charge in [-0.05, 0) is 6.92 Å². The number of rotatable bonds is 2. The summed E-state index contributed by atoms with van der Waals surface area (Å²) in [4.78, 5) is 6.50. The van der Waals surface area contributed by atoms with E-state index in [0.29, 0.717) is 5.82 Å². The van der Waals surface area contributed by atoms with Crippen molar-refractivity contribution in [3.8, 4) is 5.88 Å². The molecule has 1 rings (SSSR count). The van der Waals surface area contributed by atoms with Crippen molar-refractivity contribution in [1.29, 1.82) is 0 Å². The van der Waals surface area contributed by atoms with E-state index in [-0.39, 0.29) is 12.0 Å². The summed E-state index contributed by atoms with van der Waals surface area (Å²) in [5, 5.41) is 8.82. The van der Waals surface area contributed by atoms with Crippen LogP contribution >= 0.6 is 0 Å². The van der Waals surface area contributed by atoms with Gasteiger partial charge in [-0.25, -0.2) is 4.98 Å². The fraction of sp³-hybridized carbons (Fsp3) is 0.500. The molecule has 0 amide bonds. The van der Waals surface area contributed by atoms with Crippen molar-refractivity contribution in [2.45, 2.75) is 13.0 Å². The van der Waals surface area contributed by atoms with Gasteiger partial charge in [0.05, 0.1) is 6.20 Å². The van der Waals surface area contributed by atoms with E-state index in [1.807, 2.05) is 6.92 Å². The Morgan fingerprint density at radius 2 is 2.50 bits per heavy atom. The van der Waals surface area contributed by atoms with Crippen LogP contribution in [0.4, 0.5) is 0 Å². The van der Waals surface area contributed by atoms with Gasteiger partial charge in [0.25, 0.3) is 0 Å². The molecule has 0 bridgehead atoms. The van der Waals surface area contributed by atoms with Crippen LogP contribution in [-0.4, -0.2) is 22.2 Å². The normalized spacial score (nSPS) is 13.4. The maximum Gasteiger partial charge on any atom is 0.208 e. The van der Waals surface area contributed by atoms with Crippen LogP contribution < -0.4 is 0 Å². The van der Waals surface area contributed by atoms with Crippen LogP contribution in [0.3, 0.4) is 0 Å². The average molecular weight is 142 g/mol. The molecule has 1 atom stereocenters. The molecule has 0 saturated carbocycles. The highest BCUT2D eigenvalue weighted by Gasteiger charge is 2.06. The van der Waals surface area contributed by atoms with E-state index in [4.69, 9.17) is 9.84 Å². The van der Waals surface area contributed by atoms with Crippen molar-refractivity contribution in [3.05, 3.63) is 12.0 Å². The molecule has 0 aromatic carbocycles. The maximum atomic E-state index is 8.82. The average Bonchev–Trinajstić information content (AvgIpc) is 2.34. The van der Waals surface area contributed by atoms with Gasteiger partial charge in [-0.1, -0.05) is 0 Å². The molecule has 4 nitrogen and oxygen atoms in total. The number of aromatic nitrogens is 2. The molecular weight excluding hydrogens is 132 g/mol. The molecule has 1 heterocycles. The Hall–Kier alpha value is -1.03. The highest BCUT2D eigenvalue weighted by Crippen LogP contribution is 2.13. The summed E-state index contributed by atoms with van der Waals surface area (Å²) in [6.45, 7) is 1.85. The molecule has 0 aliphatic carbocycles. The fourth-order valence-electron chi connectivity index (χ4n) is 0.645. The second-order valence-corrected chi connectivity index (χ2v) is 2.03. The van der Waals surface area contributed by atoms with Gasteiger partial charge in [-0.2, -0.15) is 0 Å². The Bertz CT molecular complexity index is 209. The van der Waals surface area contributed by atoms with Crippen LogP contribution in [-0.2, 0) is 4.74 Å². The Morgan fingerprint density at radius 3 is 2.90 bits per heavy atom. The summed E-state index contributed by atoms with van der Waals surface area (Å²) in [7, 11) is 1.59. The van der Waals surface area contributed by atoms with Crippen molar-refractivity contribution < 1.29 is 9.84 Å². The van der Waals surface area contributed by atoms with Crippen molar-refractivity contribution in [2.75, 3.05) is 7.11 Å². The summed E-state index contributed by atoms with van der Waals surface area (Å²) in [6.07, 6.45) is 1.26. The minimum atomic E-state index is -0.0964. The molecular formula is C6H10N2O2. The molecule has 1 aromatic rings. The van der Waals surface area contributed by atoms with Gasteiger partial charge >= 0.3 is 0 Å². The number of nitrogens with zero attached hydrogens (tertiary/aromatic N) is 1. The molecule has 0 fully saturated rings. The number of aromatic hydroxyl groups is 1. The molecule has 0 spiro atoms. The highest BCUT2D eigenvalue weighted by molar-refractivity contribution is 5.06. The predicted octanol–water partition coefficient (Wildman–Crippen LogP) is 0.823. The Morgan fingerprint density at radius 1 is 1.80 bits per heavy atom. The van der Waals surface area contributed by atoms with Gasteiger partial charge in [0.1, 0.15) is 11.9 Å². The van der Waals surface area contributed by atoms with Crippen LogP contribution in [0.1, 0.15) is 18.9 Å². The van der Waals surface area contributed by atoms with Crippen LogP contribution in [0.2, 0.25) is 0 Å². The van der Waals surface area contributed by atoms with Crippen LogP contribution in [0.15, 0.2) is 6.20 Å². The lowest BCUT2D eigenvalue weighted by Gasteiger charge is -2.03. The quantitative estimate of drug-likeness (QED) is 0.642. The van der Waals surface area contributed by atoms with E-state index in [0.717, 1.165) is 0 Å². The molecule has 0 saturated heterocycles. The van der Waals surface area contributed by atoms with Gasteiger partial charge in [0.2, 0.25) is 5.88 Å². The summed E-state index contributed by atoms with van der Waals surface area (Å²) in [6, 6.07) is 0. The van der Waals surface area contributed by atoms with Crippen LogP contribution in [0, 0.1) is 0 Å². The Labute approximate surface area is 58.9 Å². The number of H-pyrrole nitrogens is 1. The fourth-order valence-corrected chi connectivity index (χ4v) is 0.645. The Balaban J connectivity index is 2.74. The lowest BCUT2D eigenvalue weighted by molar-refractivity contribution is 0.112. The second kappa shape index (κ2) is 2.70. The van der Waals surface area contributed by atoms with Crippen molar-refractivity contribution in [2.24, 2.45) is 0 Å². The molecule has 56 valence electrons. The smallest absolute Gasteiger partial charge is 0.208 e.